The molecule has 0 atom stereocenters. The third-order valence-corrected chi connectivity index (χ3v) is 5.86. The molecule has 1 aliphatic heterocycles. The van der Waals surface area contributed by atoms with Crippen LogP contribution in [0.3, 0.4) is 0 Å². The predicted octanol–water partition coefficient (Wildman–Crippen LogP) is 2.97. The van der Waals surface area contributed by atoms with Crippen LogP contribution >= 0.6 is 0 Å². The van der Waals surface area contributed by atoms with E-state index < -0.39 is 0 Å². The van der Waals surface area contributed by atoms with E-state index in [1.165, 1.54) is 16.4 Å². The summed E-state index contributed by atoms with van der Waals surface area (Å²) in [5.74, 6) is 0. The number of benzene rings is 4. The largest absolute Gasteiger partial charge is 0.310 e. The van der Waals surface area contributed by atoms with Gasteiger partial charge in [0.25, 0.3) is 0 Å². The van der Waals surface area contributed by atoms with Gasteiger partial charge in [-0.3, -0.25) is 4.79 Å². The topological polar surface area (TPSA) is 22.0 Å². The lowest BCUT2D eigenvalue weighted by molar-refractivity contribution is 1.17. The summed E-state index contributed by atoms with van der Waals surface area (Å²) in [6, 6.07) is 33.2. The Morgan fingerprint density at radius 1 is 0.607 bits per heavy atom. The summed E-state index contributed by atoms with van der Waals surface area (Å²) in [4.78, 5) is 13.3. The number of para-hydroxylation sites is 3. The van der Waals surface area contributed by atoms with Crippen LogP contribution in [0, 0.1) is 0 Å². The van der Waals surface area contributed by atoms with Crippen LogP contribution in [0.15, 0.2) is 102 Å². The molecule has 0 unspecified atom stereocenters. The predicted molar refractivity (Wildman–Crippen MR) is 118 cm³/mol. The molecule has 0 saturated heterocycles. The molecule has 1 aliphatic rings. The van der Waals surface area contributed by atoms with Gasteiger partial charge in [-0.2, -0.15) is 0 Å². The summed E-state index contributed by atoms with van der Waals surface area (Å²) < 4.78 is 2.27. The maximum Gasteiger partial charge on any atom is 0.246 e. The molecule has 4 aromatic carbocycles. The van der Waals surface area contributed by atoms with Gasteiger partial charge in [-0.1, -0.05) is 78.3 Å². The SMILES string of the molecule is O=c1c2ccccc2n2c3c(cccc13)B(c1ccccc1)c1ccccc1-2. The average Bonchev–Trinajstić information content (AvgIpc) is 2.77. The zero-order valence-corrected chi connectivity index (χ0v) is 15.2. The highest BCUT2D eigenvalue weighted by atomic mass is 16.1. The molecule has 5 aromatic rings. The molecule has 130 valence electrons. The lowest BCUT2D eigenvalue weighted by Gasteiger charge is -2.29. The Morgan fingerprint density at radius 3 is 2.18 bits per heavy atom. The molecule has 0 radical (unpaired) electrons. The van der Waals surface area contributed by atoms with Crippen LogP contribution in [0.5, 0.6) is 0 Å². The van der Waals surface area contributed by atoms with E-state index in [1.54, 1.807) is 0 Å². The number of aromatic nitrogens is 1. The molecule has 6 rings (SSSR count). The Balaban J connectivity index is 1.89. The molecule has 0 aliphatic carbocycles. The Hall–Kier alpha value is -3.59. The molecule has 0 N–H and O–H groups in total. The molecular formula is C25H16BNO. The number of pyridine rings is 1. The fourth-order valence-corrected chi connectivity index (χ4v) is 4.71. The van der Waals surface area contributed by atoms with Crippen molar-refractivity contribution in [1.29, 1.82) is 0 Å². The average molecular weight is 357 g/mol. The fraction of sp³-hybridized carbons (Fsp3) is 0. The van der Waals surface area contributed by atoms with Gasteiger partial charge < -0.3 is 4.57 Å². The summed E-state index contributed by atoms with van der Waals surface area (Å²) in [5, 5.41) is 1.55. The Morgan fingerprint density at radius 2 is 1.29 bits per heavy atom. The van der Waals surface area contributed by atoms with Crippen molar-refractivity contribution in [3.8, 4) is 5.69 Å². The highest BCUT2D eigenvalue weighted by Gasteiger charge is 2.32. The van der Waals surface area contributed by atoms with E-state index >= 15 is 0 Å². The van der Waals surface area contributed by atoms with Crippen LogP contribution in [-0.2, 0) is 0 Å². The van der Waals surface area contributed by atoms with Crippen molar-refractivity contribution in [3.63, 3.8) is 0 Å². The second-order valence-electron chi connectivity index (χ2n) is 7.33. The molecule has 0 spiro atoms. The van der Waals surface area contributed by atoms with Gasteiger partial charge in [0, 0.05) is 16.5 Å². The lowest BCUT2D eigenvalue weighted by Crippen LogP contribution is -2.56. The monoisotopic (exact) mass is 357 g/mol. The van der Waals surface area contributed by atoms with E-state index in [-0.39, 0.29) is 12.1 Å². The maximum atomic E-state index is 13.3. The summed E-state index contributed by atoms with van der Waals surface area (Å²) >= 11 is 0. The zero-order chi connectivity index (χ0) is 18.7. The van der Waals surface area contributed by atoms with Gasteiger partial charge in [0.15, 0.2) is 5.43 Å². The lowest BCUT2D eigenvalue weighted by atomic mass is 9.35. The molecule has 2 nitrogen and oxygen atoms in total. The van der Waals surface area contributed by atoms with E-state index in [2.05, 4.69) is 59.2 Å². The minimum atomic E-state index is 0.106. The van der Waals surface area contributed by atoms with E-state index in [4.69, 9.17) is 0 Å². The maximum absolute atomic E-state index is 13.3. The van der Waals surface area contributed by atoms with Gasteiger partial charge in [-0.05, 0) is 35.2 Å². The van der Waals surface area contributed by atoms with Crippen molar-refractivity contribution < 1.29 is 0 Å². The van der Waals surface area contributed by atoms with Crippen LogP contribution < -0.4 is 21.8 Å². The highest BCUT2D eigenvalue weighted by molar-refractivity contribution is 6.97. The molecule has 2 heterocycles. The van der Waals surface area contributed by atoms with Crippen molar-refractivity contribution in [2.24, 2.45) is 0 Å². The Bertz CT molecular complexity index is 1440. The highest BCUT2D eigenvalue weighted by Crippen LogP contribution is 2.25. The third kappa shape index (κ3) is 1.96. The van der Waals surface area contributed by atoms with Crippen molar-refractivity contribution in [2.45, 2.75) is 0 Å². The first kappa shape index (κ1) is 15.5. The van der Waals surface area contributed by atoms with Crippen molar-refractivity contribution >= 4 is 44.9 Å². The first-order valence-corrected chi connectivity index (χ1v) is 9.55. The van der Waals surface area contributed by atoms with E-state index in [0.717, 1.165) is 27.5 Å². The molecular weight excluding hydrogens is 341 g/mol. The van der Waals surface area contributed by atoms with Crippen molar-refractivity contribution in [2.75, 3.05) is 0 Å². The van der Waals surface area contributed by atoms with Crippen molar-refractivity contribution in [3.05, 3.63) is 107 Å². The minimum absolute atomic E-state index is 0.106. The number of hydrogen-bond acceptors (Lipinski definition) is 1. The summed E-state index contributed by atoms with van der Waals surface area (Å²) in [7, 11) is 0. The van der Waals surface area contributed by atoms with E-state index in [1.807, 2.05) is 42.5 Å². The number of rotatable bonds is 1. The minimum Gasteiger partial charge on any atom is -0.310 e. The van der Waals surface area contributed by atoms with Gasteiger partial charge in [0.2, 0.25) is 6.71 Å². The second-order valence-corrected chi connectivity index (χ2v) is 7.33. The molecule has 0 amide bonds. The first-order valence-electron chi connectivity index (χ1n) is 9.55. The zero-order valence-electron chi connectivity index (χ0n) is 15.2. The summed E-state index contributed by atoms with van der Waals surface area (Å²) in [6.07, 6.45) is 0. The van der Waals surface area contributed by atoms with E-state index in [0.29, 0.717) is 0 Å². The van der Waals surface area contributed by atoms with Gasteiger partial charge in [-0.15, -0.1) is 0 Å². The van der Waals surface area contributed by atoms with Crippen LogP contribution in [0.25, 0.3) is 27.5 Å². The quantitative estimate of drug-likeness (QED) is 0.328. The fourth-order valence-electron chi connectivity index (χ4n) is 4.71. The van der Waals surface area contributed by atoms with Gasteiger partial charge >= 0.3 is 0 Å². The standard InChI is InChI=1S/C25H16BNO/c28-25-18-11-4-6-15-22(18)27-23-16-7-5-13-20(23)26(17-9-2-1-3-10-17)21-14-8-12-19(25)24(21)27/h1-16H. The van der Waals surface area contributed by atoms with Gasteiger partial charge in [0.05, 0.1) is 11.0 Å². The van der Waals surface area contributed by atoms with Crippen LogP contribution in [0.1, 0.15) is 0 Å². The summed E-state index contributed by atoms with van der Waals surface area (Å²) in [6.45, 7) is 0.113. The van der Waals surface area contributed by atoms with Crippen molar-refractivity contribution in [1.82, 2.24) is 4.57 Å². The van der Waals surface area contributed by atoms with Gasteiger partial charge in [0.1, 0.15) is 0 Å². The van der Waals surface area contributed by atoms with Gasteiger partial charge in [-0.25, -0.2) is 0 Å². The number of fused-ring (bicyclic) bond motifs is 4. The Kier molecular flexibility index (Phi) is 3.15. The molecule has 1 aromatic heterocycles. The number of hydrogen-bond donors (Lipinski definition) is 0. The van der Waals surface area contributed by atoms with Crippen LogP contribution in [0.2, 0.25) is 0 Å². The number of nitrogens with zero attached hydrogens (tertiary/aromatic N) is 1. The molecule has 0 fully saturated rings. The molecule has 0 bridgehead atoms. The second kappa shape index (κ2) is 5.70. The Labute approximate surface area is 162 Å². The van der Waals surface area contributed by atoms with E-state index in [9.17, 15) is 4.79 Å². The summed E-state index contributed by atoms with van der Waals surface area (Å²) in [5.41, 5.74) is 6.94. The third-order valence-electron chi connectivity index (χ3n) is 5.86. The first-order chi connectivity index (χ1) is 13.8. The molecule has 3 heteroatoms. The van der Waals surface area contributed by atoms with Crippen LogP contribution in [0.4, 0.5) is 0 Å². The normalized spacial score (nSPS) is 12.4. The molecule has 0 saturated carbocycles. The smallest absolute Gasteiger partial charge is 0.246 e. The van der Waals surface area contributed by atoms with Crippen LogP contribution in [-0.4, -0.2) is 11.3 Å². The molecule has 28 heavy (non-hydrogen) atoms.